The highest BCUT2D eigenvalue weighted by atomic mass is 16.5. The Kier molecular flexibility index (Phi) is 3.72. The molecule has 0 radical (unpaired) electrons. The zero-order valence-electron chi connectivity index (χ0n) is 15.6. The maximum absolute atomic E-state index is 13.2. The summed E-state index contributed by atoms with van der Waals surface area (Å²) in [6.45, 7) is 0. The second-order valence-corrected chi connectivity index (χ2v) is 6.92. The number of aromatic nitrogens is 1. The Morgan fingerprint density at radius 2 is 1.93 bits per heavy atom. The number of H-pyrrole nitrogens is 1. The van der Waals surface area contributed by atoms with Crippen LogP contribution in [0.25, 0.3) is 16.5 Å². The molecule has 3 aromatic rings. The first-order chi connectivity index (χ1) is 13.7. The lowest BCUT2D eigenvalue weighted by molar-refractivity contribution is 0.0817. The minimum absolute atomic E-state index is 0.0869. The van der Waals surface area contributed by atoms with Crippen LogP contribution in [0.1, 0.15) is 22.3 Å². The van der Waals surface area contributed by atoms with E-state index in [1.807, 2.05) is 18.6 Å². The molecule has 1 atom stereocenters. The fraction of sp³-hybridized carbons (Fsp3) is 0.182. The molecule has 2 aliphatic rings. The number of carbonyl (C=O) groups is 1. The van der Waals surface area contributed by atoms with Crippen molar-refractivity contribution in [1.82, 2.24) is 9.88 Å². The summed E-state index contributed by atoms with van der Waals surface area (Å²) >= 11 is 0. The van der Waals surface area contributed by atoms with Crippen molar-refractivity contribution < 1.29 is 14.3 Å². The molecule has 0 spiro atoms. The van der Waals surface area contributed by atoms with Crippen molar-refractivity contribution >= 4 is 34.3 Å². The molecule has 1 amide bonds. The van der Waals surface area contributed by atoms with Crippen LogP contribution in [0.4, 0.5) is 5.69 Å². The summed E-state index contributed by atoms with van der Waals surface area (Å²) in [7, 11) is 3.13. The Morgan fingerprint density at radius 1 is 1.11 bits per heavy atom. The van der Waals surface area contributed by atoms with E-state index in [2.05, 4.69) is 34.2 Å². The van der Waals surface area contributed by atoms with Crippen LogP contribution in [-0.2, 0) is 0 Å². The van der Waals surface area contributed by atoms with Crippen LogP contribution >= 0.6 is 0 Å². The topological polar surface area (TPSA) is 66.9 Å². The second-order valence-electron chi connectivity index (χ2n) is 6.92. The van der Waals surface area contributed by atoms with E-state index in [1.165, 1.54) is 0 Å². The number of rotatable bonds is 3. The number of amides is 1. The van der Waals surface area contributed by atoms with E-state index in [4.69, 9.17) is 9.47 Å². The largest absolute Gasteiger partial charge is 0.493 e. The van der Waals surface area contributed by atoms with Gasteiger partial charge in [-0.3, -0.25) is 9.79 Å². The van der Waals surface area contributed by atoms with E-state index >= 15 is 0 Å². The summed E-state index contributed by atoms with van der Waals surface area (Å²) in [5.74, 6) is 0.991. The fourth-order valence-corrected chi connectivity index (χ4v) is 3.87. The van der Waals surface area contributed by atoms with Gasteiger partial charge in [-0.2, -0.15) is 0 Å². The minimum atomic E-state index is -0.103. The molecule has 5 rings (SSSR count). The highest BCUT2D eigenvalue weighted by Crippen LogP contribution is 2.39. The van der Waals surface area contributed by atoms with Crippen molar-refractivity contribution in [2.75, 3.05) is 14.2 Å². The highest BCUT2D eigenvalue weighted by molar-refractivity contribution is 6.05. The Morgan fingerprint density at radius 3 is 2.75 bits per heavy atom. The second kappa shape index (κ2) is 6.27. The summed E-state index contributed by atoms with van der Waals surface area (Å²) in [6.07, 6.45) is 6.44. The van der Waals surface area contributed by atoms with Gasteiger partial charge >= 0.3 is 0 Å². The lowest BCUT2D eigenvalue weighted by Gasteiger charge is -2.18. The number of hydrogen-bond acceptors (Lipinski definition) is 4. The summed E-state index contributed by atoms with van der Waals surface area (Å²) in [6, 6.07) is 11.7. The van der Waals surface area contributed by atoms with Crippen LogP contribution in [0.2, 0.25) is 0 Å². The van der Waals surface area contributed by atoms with Crippen molar-refractivity contribution in [3.05, 3.63) is 59.9 Å². The summed E-state index contributed by atoms with van der Waals surface area (Å²) in [4.78, 5) is 22.8. The molecule has 140 valence electrons. The number of benzene rings is 2. The maximum Gasteiger partial charge on any atom is 0.260 e. The zero-order chi connectivity index (χ0) is 19.3. The molecule has 0 bridgehead atoms. The predicted molar refractivity (Wildman–Crippen MR) is 109 cm³/mol. The molecule has 6 nitrogen and oxygen atoms in total. The van der Waals surface area contributed by atoms with Gasteiger partial charge in [0.2, 0.25) is 0 Å². The molecule has 0 aliphatic carbocycles. The van der Waals surface area contributed by atoms with E-state index in [-0.39, 0.29) is 11.9 Å². The van der Waals surface area contributed by atoms with Crippen molar-refractivity contribution in [2.45, 2.75) is 12.5 Å². The normalized spacial score (nSPS) is 17.9. The van der Waals surface area contributed by atoms with Crippen LogP contribution in [0.3, 0.4) is 0 Å². The molecule has 2 aromatic carbocycles. The zero-order valence-corrected chi connectivity index (χ0v) is 15.6. The van der Waals surface area contributed by atoms with Crippen LogP contribution in [0.5, 0.6) is 11.5 Å². The lowest BCUT2D eigenvalue weighted by Crippen LogP contribution is -2.32. The number of aliphatic imine (C=N–C) groups is 1. The van der Waals surface area contributed by atoms with Crippen LogP contribution in [0.15, 0.2) is 53.8 Å². The molecule has 0 unspecified atom stereocenters. The Labute approximate surface area is 162 Å². The van der Waals surface area contributed by atoms with E-state index in [1.54, 1.807) is 31.3 Å². The third kappa shape index (κ3) is 2.49. The molecular formula is C22H19N3O3. The van der Waals surface area contributed by atoms with Crippen molar-refractivity contribution in [2.24, 2.45) is 4.99 Å². The molecule has 28 heavy (non-hydrogen) atoms. The lowest BCUT2D eigenvalue weighted by atomic mass is 10.0. The molecule has 3 heterocycles. The average Bonchev–Trinajstić information content (AvgIpc) is 3.34. The van der Waals surface area contributed by atoms with Gasteiger partial charge in [-0.1, -0.05) is 6.07 Å². The van der Waals surface area contributed by atoms with Gasteiger partial charge in [0.05, 0.1) is 31.5 Å². The third-order valence-corrected chi connectivity index (χ3v) is 5.36. The number of aromatic amines is 1. The Hall–Kier alpha value is -3.54. The van der Waals surface area contributed by atoms with Crippen LogP contribution < -0.4 is 9.47 Å². The summed E-state index contributed by atoms with van der Waals surface area (Å²) in [5.41, 5.74) is 4.45. The van der Waals surface area contributed by atoms with Gasteiger partial charge in [0.25, 0.3) is 5.91 Å². The molecular weight excluding hydrogens is 354 g/mol. The maximum atomic E-state index is 13.2. The SMILES string of the molecule is COc1cc2c(cc1OC)C(=O)N1C=C(c3ccc4[nH]ccc4c3)C[C@H]1C=N2. The quantitative estimate of drug-likeness (QED) is 0.750. The van der Waals surface area contributed by atoms with Gasteiger partial charge in [0, 0.05) is 36.6 Å². The number of nitrogens with one attached hydrogen (secondary N) is 1. The van der Waals surface area contributed by atoms with Gasteiger partial charge in [-0.05, 0) is 40.8 Å². The van der Waals surface area contributed by atoms with Gasteiger partial charge < -0.3 is 19.4 Å². The van der Waals surface area contributed by atoms with Crippen LogP contribution in [0, 0.1) is 0 Å². The molecule has 1 aromatic heterocycles. The molecule has 0 saturated carbocycles. The van der Waals surface area contributed by atoms with E-state index in [9.17, 15) is 4.79 Å². The van der Waals surface area contributed by atoms with Gasteiger partial charge in [0.15, 0.2) is 11.5 Å². The number of nitrogens with zero attached hydrogens (tertiary/aromatic N) is 2. The minimum Gasteiger partial charge on any atom is -0.493 e. The highest BCUT2D eigenvalue weighted by Gasteiger charge is 2.33. The van der Waals surface area contributed by atoms with E-state index in [0.29, 0.717) is 22.7 Å². The molecule has 0 fully saturated rings. The number of ether oxygens (including phenoxy) is 2. The van der Waals surface area contributed by atoms with E-state index < -0.39 is 0 Å². The number of fused-ring (bicyclic) bond motifs is 3. The Bertz CT molecular complexity index is 1160. The average molecular weight is 373 g/mol. The predicted octanol–water partition coefficient (Wildman–Crippen LogP) is 4.16. The molecule has 6 heteroatoms. The summed E-state index contributed by atoms with van der Waals surface area (Å²) < 4.78 is 10.7. The van der Waals surface area contributed by atoms with Crippen molar-refractivity contribution in [3.8, 4) is 11.5 Å². The number of carbonyl (C=O) groups excluding carboxylic acids is 1. The first-order valence-corrected chi connectivity index (χ1v) is 9.09. The first kappa shape index (κ1) is 16.6. The van der Waals surface area contributed by atoms with Crippen LogP contribution in [-0.4, -0.2) is 42.3 Å². The summed E-state index contributed by atoms with van der Waals surface area (Å²) in [5, 5.41) is 1.16. The van der Waals surface area contributed by atoms with Gasteiger partial charge in [0.1, 0.15) is 0 Å². The number of hydrogen-bond donors (Lipinski definition) is 1. The Balaban J connectivity index is 1.54. The van der Waals surface area contributed by atoms with E-state index in [0.717, 1.165) is 28.5 Å². The molecule has 0 saturated heterocycles. The van der Waals surface area contributed by atoms with Crippen molar-refractivity contribution in [1.29, 1.82) is 0 Å². The van der Waals surface area contributed by atoms with Gasteiger partial charge in [-0.15, -0.1) is 0 Å². The monoisotopic (exact) mass is 373 g/mol. The smallest absolute Gasteiger partial charge is 0.260 e. The first-order valence-electron chi connectivity index (χ1n) is 9.09. The van der Waals surface area contributed by atoms with Gasteiger partial charge in [-0.25, -0.2) is 0 Å². The standard InChI is InChI=1S/C22H19N3O3/c1-27-20-9-17-19(10-21(20)28-2)24-11-16-8-15(12-25(16)22(17)26)13-3-4-18-14(7-13)5-6-23-18/h3-7,9-12,16,23H,8H2,1-2H3/t16-/m0/s1. The van der Waals surface area contributed by atoms with Crippen molar-refractivity contribution in [3.63, 3.8) is 0 Å². The number of methoxy groups -OCH3 is 2. The third-order valence-electron chi connectivity index (χ3n) is 5.36. The fourth-order valence-electron chi connectivity index (χ4n) is 3.87. The molecule has 2 aliphatic heterocycles. The molecule has 1 N–H and O–H groups in total.